The summed E-state index contributed by atoms with van der Waals surface area (Å²) in [5.41, 5.74) is 5.62. The maximum absolute atomic E-state index is 11.9. The molecule has 1 aliphatic carbocycles. The Labute approximate surface area is 97.6 Å². The highest BCUT2D eigenvalue weighted by Gasteiger charge is 2.31. The van der Waals surface area contributed by atoms with Crippen molar-refractivity contribution in [1.29, 1.82) is 0 Å². The second-order valence-electron chi connectivity index (χ2n) is 5.81. The third kappa shape index (κ3) is 3.46. The standard InChI is InChI=1S/C12H24N2O2/c1-12(2,3)10(13)11(16)14-8-6-4-5-7-9(8)15/h8-10,15H,4-7,13H2,1-3H3,(H,14,16)/t8-,9-,10+/m1/s1. The van der Waals surface area contributed by atoms with Crippen LogP contribution in [0.25, 0.3) is 0 Å². The van der Waals surface area contributed by atoms with Crippen LogP contribution in [0.2, 0.25) is 0 Å². The molecule has 1 aliphatic rings. The maximum atomic E-state index is 11.9. The Morgan fingerprint density at radius 3 is 2.44 bits per heavy atom. The van der Waals surface area contributed by atoms with E-state index in [-0.39, 0.29) is 17.4 Å². The molecular weight excluding hydrogens is 204 g/mol. The van der Waals surface area contributed by atoms with Crippen molar-refractivity contribution in [3.63, 3.8) is 0 Å². The molecule has 4 N–H and O–H groups in total. The number of hydrogen-bond acceptors (Lipinski definition) is 3. The van der Waals surface area contributed by atoms with E-state index in [0.29, 0.717) is 0 Å². The van der Waals surface area contributed by atoms with Crippen molar-refractivity contribution in [3.05, 3.63) is 0 Å². The van der Waals surface area contributed by atoms with Crippen molar-refractivity contribution < 1.29 is 9.90 Å². The molecule has 3 atom stereocenters. The van der Waals surface area contributed by atoms with Crippen LogP contribution in [0.5, 0.6) is 0 Å². The number of aliphatic hydroxyl groups excluding tert-OH is 1. The van der Waals surface area contributed by atoms with Gasteiger partial charge in [0.2, 0.25) is 5.91 Å². The lowest BCUT2D eigenvalue weighted by atomic mass is 9.86. The Hall–Kier alpha value is -0.610. The summed E-state index contributed by atoms with van der Waals surface area (Å²) < 4.78 is 0. The molecular formula is C12H24N2O2. The first-order valence-corrected chi connectivity index (χ1v) is 6.06. The minimum absolute atomic E-state index is 0.116. The molecule has 0 radical (unpaired) electrons. The van der Waals surface area contributed by atoms with E-state index in [4.69, 9.17) is 5.73 Å². The SMILES string of the molecule is CC(C)(C)[C@@H](N)C(=O)N[C@@H]1CCCC[C@H]1O. The number of nitrogens with two attached hydrogens (primary N) is 1. The Morgan fingerprint density at radius 1 is 1.38 bits per heavy atom. The van der Waals surface area contributed by atoms with Gasteiger partial charge in [-0.05, 0) is 18.3 Å². The normalized spacial score (nSPS) is 28.6. The molecule has 0 heterocycles. The van der Waals surface area contributed by atoms with Crippen LogP contribution in [-0.2, 0) is 4.79 Å². The molecule has 0 bridgehead atoms. The third-order valence-corrected chi connectivity index (χ3v) is 3.27. The summed E-state index contributed by atoms with van der Waals surface area (Å²) >= 11 is 0. The van der Waals surface area contributed by atoms with Gasteiger partial charge in [0.15, 0.2) is 0 Å². The van der Waals surface area contributed by atoms with Gasteiger partial charge in [0.1, 0.15) is 0 Å². The van der Waals surface area contributed by atoms with Gasteiger partial charge in [0.25, 0.3) is 0 Å². The molecule has 1 fully saturated rings. The minimum Gasteiger partial charge on any atom is -0.391 e. The molecule has 0 aromatic heterocycles. The van der Waals surface area contributed by atoms with E-state index in [1.807, 2.05) is 20.8 Å². The van der Waals surface area contributed by atoms with E-state index in [2.05, 4.69) is 5.32 Å². The van der Waals surface area contributed by atoms with Crippen LogP contribution in [0.1, 0.15) is 46.5 Å². The molecule has 1 saturated carbocycles. The number of hydrogen-bond donors (Lipinski definition) is 3. The minimum atomic E-state index is -0.526. The van der Waals surface area contributed by atoms with Crippen molar-refractivity contribution in [2.75, 3.05) is 0 Å². The van der Waals surface area contributed by atoms with E-state index in [0.717, 1.165) is 25.7 Å². The summed E-state index contributed by atoms with van der Waals surface area (Å²) in [6, 6.07) is -0.642. The van der Waals surface area contributed by atoms with E-state index in [9.17, 15) is 9.90 Å². The predicted octanol–water partition coefficient (Wildman–Crippen LogP) is 0.779. The zero-order valence-electron chi connectivity index (χ0n) is 10.5. The van der Waals surface area contributed by atoms with Crippen molar-refractivity contribution in [2.24, 2.45) is 11.1 Å². The van der Waals surface area contributed by atoms with Gasteiger partial charge in [0, 0.05) is 0 Å². The topological polar surface area (TPSA) is 75.4 Å². The highest BCUT2D eigenvalue weighted by Crippen LogP contribution is 2.21. The zero-order valence-corrected chi connectivity index (χ0v) is 10.5. The summed E-state index contributed by atoms with van der Waals surface area (Å²) in [7, 11) is 0. The Kier molecular flexibility index (Phi) is 4.33. The first-order chi connectivity index (χ1) is 7.32. The van der Waals surface area contributed by atoms with Gasteiger partial charge in [-0.25, -0.2) is 0 Å². The lowest BCUT2D eigenvalue weighted by Crippen LogP contribution is -2.54. The molecule has 1 amide bonds. The van der Waals surface area contributed by atoms with Crippen molar-refractivity contribution in [1.82, 2.24) is 5.32 Å². The van der Waals surface area contributed by atoms with Crippen LogP contribution in [0, 0.1) is 5.41 Å². The maximum Gasteiger partial charge on any atom is 0.237 e. The van der Waals surface area contributed by atoms with Crippen molar-refractivity contribution >= 4 is 5.91 Å². The second kappa shape index (κ2) is 5.15. The largest absolute Gasteiger partial charge is 0.391 e. The Bertz CT molecular complexity index is 248. The van der Waals surface area contributed by atoms with Gasteiger partial charge in [0.05, 0.1) is 18.2 Å². The average Bonchev–Trinajstić information content (AvgIpc) is 2.19. The third-order valence-electron chi connectivity index (χ3n) is 3.27. The molecule has 0 saturated heterocycles. The Balaban J connectivity index is 2.50. The highest BCUT2D eigenvalue weighted by molar-refractivity contribution is 5.82. The molecule has 4 nitrogen and oxygen atoms in total. The molecule has 0 aromatic rings. The molecule has 0 spiro atoms. The van der Waals surface area contributed by atoms with Gasteiger partial charge in [-0.2, -0.15) is 0 Å². The lowest BCUT2D eigenvalue weighted by Gasteiger charge is -2.32. The first kappa shape index (κ1) is 13.5. The average molecular weight is 228 g/mol. The van der Waals surface area contributed by atoms with Gasteiger partial charge < -0.3 is 16.2 Å². The van der Waals surface area contributed by atoms with Crippen molar-refractivity contribution in [2.45, 2.75) is 64.6 Å². The van der Waals surface area contributed by atoms with Crippen LogP contribution in [0.15, 0.2) is 0 Å². The van der Waals surface area contributed by atoms with Crippen LogP contribution >= 0.6 is 0 Å². The number of aliphatic hydroxyl groups is 1. The monoisotopic (exact) mass is 228 g/mol. The smallest absolute Gasteiger partial charge is 0.237 e. The summed E-state index contributed by atoms with van der Waals surface area (Å²) in [6.07, 6.45) is 3.32. The first-order valence-electron chi connectivity index (χ1n) is 6.06. The van der Waals surface area contributed by atoms with E-state index >= 15 is 0 Å². The zero-order chi connectivity index (χ0) is 12.3. The fraction of sp³-hybridized carbons (Fsp3) is 0.917. The van der Waals surface area contributed by atoms with Gasteiger partial charge in [-0.15, -0.1) is 0 Å². The molecule has 4 heteroatoms. The fourth-order valence-corrected chi connectivity index (χ4v) is 1.95. The Morgan fingerprint density at radius 2 is 1.94 bits per heavy atom. The van der Waals surface area contributed by atoms with E-state index in [1.165, 1.54) is 0 Å². The van der Waals surface area contributed by atoms with Gasteiger partial charge in [-0.1, -0.05) is 33.6 Å². The summed E-state index contributed by atoms with van der Waals surface area (Å²) in [4.78, 5) is 11.9. The van der Waals surface area contributed by atoms with E-state index < -0.39 is 12.1 Å². The van der Waals surface area contributed by atoms with Gasteiger partial charge >= 0.3 is 0 Å². The van der Waals surface area contributed by atoms with Crippen LogP contribution in [-0.4, -0.2) is 29.2 Å². The highest BCUT2D eigenvalue weighted by atomic mass is 16.3. The molecule has 0 aromatic carbocycles. The lowest BCUT2D eigenvalue weighted by molar-refractivity contribution is -0.126. The molecule has 0 unspecified atom stereocenters. The quantitative estimate of drug-likeness (QED) is 0.654. The predicted molar refractivity (Wildman–Crippen MR) is 63.8 cm³/mol. The summed E-state index contributed by atoms with van der Waals surface area (Å²) in [6.45, 7) is 5.82. The fourth-order valence-electron chi connectivity index (χ4n) is 1.95. The molecule has 16 heavy (non-hydrogen) atoms. The van der Waals surface area contributed by atoms with Crippen molar-refractivity contribution in [3.8, 4) is 0 Å². The van der Waals surface area contributed by atoms with Crippen LogP contribution in [0.3, 0.4) is 0 Å². The molecule has 1 rings (SSSR count). The van der Waals surface area contributed by atoms with Crippen LogP contribution in [0.4, 0.5) is 0 Å². The van der Waals surface area contributed by atoms with Gasteiger partial charge in [-0.3, -0.25) is 4.79 Å². The summed E-state index contributed by atoms with van der Waals surface area (Å²) in [5, 5.41) is 12.6. The number of amides is 1. The number of rotatable bonds is 2. The molecule has 0 aliphatic heterocycles. The van der Waals surface area contributed by atoms with E-state index in [1.54, 1.807) is 0 Å². The summed E-state index contributed by atoms with van der Waals surface area (Å²) in [5.74, 6) is -0.154. The number of carbonyl (C=O) groups excluding carboxylic acids is 1. The molecule has 94 valence electrons. The number of nitrogens with one attached hydrogen (secondary N) is 1. The number of carbonyl (C=O) groups is 1. The second-order valence-corrected chi connectivity index (χ2v) is 5.81. The van der Waals surface area contributed by atoms with Crippen LogP contribution < -0.4 is 11.1 Å².